The van der Waals surface area contributed by atoms with E-state index in [1.54, 1.807) is 6.20 Å². The average Bonchev–Trinajstić information content (AvgIpc) is 2.48. The van der Waals surface area contributed by atoms with Crippen LogP contribution in [0.4, 0.5) is 0 Å². The van der Waals surface area contributed by atoms with Gasteiger partial charge < -0.3 is 0 Å². The number of benzene rings is 1. The molecule has 0 bridgehead atoms. The molecule has 0 spiro atoms. The number of fused-ring (bicyclic) bond motifs is 1. The Kier molecular flexibility index (Phi) is 2.41. The summed E-state index contributed by atoms with van der Waals surface area (Å²) in [5.41, 5.74) is 1.02. The Morgan fingerprint density at radius 3 is 2.50 bits per heavy atom. The third-order valence-corrected chi connectivity index (χ3v) is 2.85. The lowest BCUT2D eigenvalue weighted by atomic mass is 10.2. The van der Waals surface area contributed by atoms with E-state index in [0.29, 0.717) is 16.1 Å². The first kappa shape index (κ1) is 9.81. The molecule has 0 aliphatic carbocycles. The molecule has 2 aromatic rings. The molecule has 2 nitrogen and oxygen atoms in total. The fourth-order valence-corrected chi connectivity index (χ4v) is 1.78. The second-order valence-corrected chi connectivity index (χ2v) is 4.32. The normalized spacial score (nSPS) is 11.5. The molecule has 0 amide bonds. The molecule has 1 aromatic heterocycles. The third-order valence-electron chi connectivity index (χ3n) is 2.13. The summed E-state index contributed by atoms with van der Waals surface area (Å²) in [4.78, 5) is 0. The van der Waals surface area contributed by atoms with Gasteiger partial charge in [0.1, 0.15) is 0 Å². The predicted octanol–water partition coefficient (Wildman–Crippen LogP) is 3.92. The summed E-state index contributed by atoms with van der Waals surface area (Å²) in [6.07, 6.45) is 1.80. The number of halogens is 2. The molecule has 0 unspecified atom stereocenters. The molecule has 1 aromatic carbocycles. The Labute approximate surface area is 92.4 Å². The minimum atomic E-state index is 0.324. The van der Waals surface area contributed by atoms with Crippen molar-refractivity contribution in [1.82, 2.24) is 9.78 Å². The van der Waals surface area contributed by atoms with E-state index in [-0.39, 0.29) is 0 Å². The van der Waals surface area contributed by atoms with Crippen molar-refractivity contribution in [3.8, 4) is 0 Å². The molecule has 0 fully saturated rings. The highest BCUT2D eigenvalue weighted by molar-refractivity contribution is 6.42. The molecule has 14 heavy (non-hydrogen) atoms. The van der Waals surface area contributed by atoms with Crippen molar-refractivity contribution in [2.75, 3.05) is 0 Å². The van der Waals surface area contributed by atoms with Gasteiger partial charge in [-0.05, 0) is 26.0 Å². The van der Waals surface area contributed by atoms with Crippen molar-refractivity contribution in [2.45, 2.75) is 19.9 Å². The number of nitrogens with zero attached hydrogens (tertiary/aromatic N) is 2. The van der Waals surface area contributed by atoms with Crippen LogP contribution in [0.2, 0.25) is 10.0 Å². The highest BCUT2D eigenvalue weighted by Crippen LogP contribution is 2.28. The van der Waals surface area contributed by atoms with Crippen molar-refractivity contribution < 1.29 is 0 Å². The lowest BCUT2D eigenvalue weighted by Crippen LogP contribution is -2.01. The van der Waals surface area contributed by atoms with Crippen LogP contribution in [0.15, 0.2) is 18.3 Å². The van der Waals surface area contributed by atoms with Crippen molar-refractivity contribution in [3.05, 3.63) is 28.4 Å². The Hall–Kier alpha value is -0.730. The number of aromatic nitrogens is 2. The van der Waals surface area contributed by atoms with Crippen LogP contribution in [0.3, 0.4) is 0 Å². The van der Waals surface area contributed by atoms with E-state index in [1.807, 2.05) is 16.8 Å². The maximum atomic E-state index is 5.95. The number of hydrogen-bond acceptors (Lipinski definition) is 1. The van der Waals surface area contributed by atoms with Crippen LogP contribution < -0.4 is 0 Å². The molecule has 0 saturated carbocycles. The van der Waals surface area contributed by atoms with Gasteiger partial charge in [-0.1, -0.05) is 23.2 Å². The van der Waals surface area contributed by atoms with Crippen molar-refractivity contribution in [1.29, 1.82) is 0 Å². The van der Waals surface area contributed by atoms with Crippen LogP contribution in [0.5, 0.6) is 0 Å². The van der Waals surface area contributed by atoms with Crippen LogP contribution >= 0.6 is 23.2 Å². The van der Waals surface area contributed by atoms with Crippen molar-refractivity contribution >= 4 is 34.1 Å². The summed E-state index contributed by atoms with van der Waals surface area (Å²) in [7, 11) is 0. The summed E-state index contributed by atoms with van der Waals surface area (Å²) >= 11 is 11.9. The highest BCUT2D eigenvalue weighted by atomic mass is 35.5. The van der Waals surface area contributed by atoms with E-state index < -0.39 is 0 Å². The summed E-state index contributed by atoms with van der Waals surface area (Å²) in [6.45, 7) is 4.16. The standard InChI is InChI=1S/C10H10Cl2N2/c1-6(2)14-10-4-9(12)8(11)3-7(10)5-13-14/h3-6H,1-2H3. The van der Waals surface area contributed by atoms with E-state index >= 15 is 0 Å². The second-order valence-electron chi connectivity index (χ2n) is 3.51. The van der Waals surface area contributed by atoms with Crippen LogP contribution in [0, 0.1) is 0 Å². The van der Waals surface area contributed by atoms with Crippen molar-refractivity contribution in [3.63, 3.8) is 0 Å². The Morgan fingerprint density at radius 1 is 1.21 bits per heavy atom. The molecule has 2 rings (SSSR count). The van der Waals surface area contributed by atoms with E-state index in [9.17, 15) is 0 Å². The van der Waals surface area contributed by atoms with E-state index in [4.69, 9.17) is 23.2 Å². The van der Waals surface area contributed by atoms with Gasteiger partial charge in [0.05, 0.1) is 21.8 Å². The van der Waals surface area contributed by atoms with Gasteiger partial charge >= 0.3 is 0 Å². The molecule has 0 radical (unpaired) electrons. The number of rotatable bonds is 1. The topological polar surface area (TPSA) is 17.8 Å². The van der Waals surface area contributed by atoms with Gasteiger partial charge in [0.15, 0.2) is 0 Å². The fourth-order valence-electron chi connectivity index (χ4n) is 1.45. The fraction of sp³-hybridized carbons (Fsp3) is 0.300. The van der Waals surface area contributed by atoms with E-state index in [2.05, 4.69) is 18.9 Å². The van der Waals surface area contributed by atoms with Crippen LogP contribution in [0.1, 0.15) is 19.9 Å². The Bertz CT molecular complexity index is 474. The zero-order valence-electron chi connectivity index (χ0n) is 7.96. The van der Waals surface area contributed by atoms with Crippen molar-refractivity contribution in [2.24, 2.45) is 0 Å². The van der Waals surface area contributed by atoms with Crippen LogP contribution in [0.25, 0.3) is 10.9 Å². The van der Waals surface area contributed by atoms with E-state index in [0.717, 1.165) is 10.9 Å². The molecular weight excluding hydrogens is 219 g/mol. The first-order chi connectivity index (χ1) is 6.59. The van der Waals surface area contributed by atoms with Crippen LogP contribution in [-0.2, 0) is 0 Å². The first-order valence-corrected chi connectivity index (χ1v) is 5.17. The van der Waals surface area contributed by atoms with E-state index in [1.165, 1.54) is 0 Å². The van der Waals surface area contributed by atoms with Gasteiger partial charge in [-0.3, -0.25) is 4.68 Å². The minimum Gasteiger partial charge on any atom is -0.262 e. The predicted molar refractivity (Wildman–Crippen MR) is 60.1 cm³/mol. The first-order valence-electron chi connectivity index (χ1n) is 4.42. The number of hydrogen-bond donors (Lipinski definition) is 0. The molecule has 1 heterocycles. The van der Waals surface area contributed by atoms with Gasteiger partial charge in [-0.15, -0.1) is 0 Å². The molecule has 4 heteroatoms. The Balaban J connectivity index is 2.74. The van der Waals surface area contributed by atoms with Gasteiger partial charge in [-0.25, -0.2) is 0 Å². The SMILES string of the molecule is CC(C)n1ncc2cc(Cl)c(Cl)cc21. The zero-order chi connectivity index (χ0) is 10.3. The summed E-state index contributed by atoms with van der Waals surface area (Å²) in [5.74, 6) is 0. The molecule has 0 saturated heterocycles. The van der Waals surface area contributed by atoms with Crippen LogP contribution in [-0.4, -0.2) is 9.78 Å². The monoisotopic (exact) mass is 228 g/mol. The molecule has 0 atom stereocenters. The lowest BCUT2D eigenvalue weighted by molar-refractivity contribution is 0.551. The molecule has 0 aliphatic heterocycles. The molecule has 0 aliphatic rings. The minimum absolute atomic E-state index is 0.324. The largest absolute Gasteiger partial charge is 0.262 e. The average molecular weight is 229 g/mol. The maximum absolute atomic E-state index is 5.95. The quantitative estimate of drug-likeness (QED) is 0.724. The third kappa shape index (κ3) is 1.49. The maximum Gasteiger partial charge on any atom is 0.0701 e. The highest BCUT2D eigenvalue weighted by Gasteiger charge is 2.08. The molecule has 0 N–H and O–H groups in total. The lowest BCUT2D eigenvalue weighted by Gasteiger charge is -2.07. The summed E-state index contributed by atoms with van der Waals surface area (Å²) < 4.78 is 1.93. The molecule has 74 valence electrons. The summed E-state index contributed by atoms with van der Waals surface area (Å²) in [6, 6.07) is 4.02. The smallest absolute Gasteiger partial charge is 0.0701 e. The van der Waals surface area contributed by atoms with Gasteiger partial charge in [0, 0.05) is 11.4 Å². The second kappa shape index (κ2) is 3.44. The van der Waals surface area contributed by atoms with Gasteiger partial charge in [-0.2, -0.15) is 5.10 Å². The Morgan fingerprint density at radius 2 is 1.86 bits per heavy atom. The van der Waals surface area contributed by atoms with Gasteiger partial charge in [0.25, 0.3) is 0 Å². The summed E-state index contributed by atoms with van der Waals surface area (Å²) in [5, 5.41) is 6.44. The molecular formula is C10H10Cl2N2. The zero-order valence-corrected chi connectivity index (χ0v) is 9.47. The van der Waals surface area contributed by atoms with Gasteiger partial charge in [0.2, 0.25) is 0 Å².